The summed E-state index contributed by atoms with van der Waals surface area (Å²) in [6.45, 7) is 7.40. The fourth-order valence-corrected chi connectivity index (χ4v) is 1.77. The van der Waals surface area contributed by atoms with Crippen LogP contribution < -0.4 is 5.32 Å². The van der Waals surface area contributed by atoms with E-state index in [0.29, 0.717) is 18.3 Å². The van der Waals surface area contributed by atoms with Gasteiger partial charge in [0.1, 0.15) is 6.61 Å². The maximum Gasteiger partial charge on any atom is 0.411 e. The van der Waals surface area contributed by atoms with Crippen molar-refractivity contribution in [2.45, 2.75) is 46.2 Å². The maximum atomic E-state index is 11.8. The van der Waals surface area contributed by atoms with Crippen LogP contribution in [0, 0.1) is 11.8 Å². The third-order valence-electron chi connectivity index (χ3n) is 2.91. The van der Waals surface area contributed by atoms with E-state index in [0.717, 1.165) is 25.9 Å². The molecule has 0 radical (unpaired) electrons. The molecule has 0 aliphatic rings. The van der Waals surface area contributed by atoms with Crippen molar-refractivity contribution in [3.8, 4) is 0 Å². The molecule has 0 rings (SSSR count). The van der Waals surface area contributed by atoms with Crippen LogP contribution in [0.25, 0.3) is 0 Å². The smallest absolute Gasteiger partial charge is 0.372 e. The van der Waals surface area contributed by atoms with Crippen molar-refractivity contribution in [2.24, 2.45) is 11.8 Å². The Morgan fingerprint density at radius 2 is 1.89 bits per heavy atom. The third kappa shape index (κ3) is 10.8. The normalized spacial score (nSPS) is 14.2. The second-order valence-corrected chi connectivity index (χ2v) is 5.02. The minimum Gasteiger partial charge on any atom is -0.372 e. The third-order valence-corrected chi connectivity index (χ3v) is 2.91. The Morgan fingerprint density at radius 1 is 1.22 bits per heavy atom. The Labute approximate surface area is 108 Å². The molecule has 0 aromatic heterocycles. The lowest BCUT2D eigenvalue weighted by atomic mass is 9.91. The Hall–Kier alpha value is -0.290. The molecule has 18 heavy (non-hydrogen) atoms. The largest absolute Gasteiger partial charge is 0.411 e. The highest BCUT2D eigenvalue weighted by Gasteiger charge is 2.27. The summed E-state index contributed by atoms with van der Waals surface area (Å²) < 4.78 is 40.1. The van der Waals surface area contributed by atoms with Gasteiger partial charge in [-0.15, -0.1) is 0 Å². The summed E-state index contributed by atoms with van der Waals surface area (Å²) in [6, 6.07) is 0. The van der Waals surface area contributed by atoms with Crippen LogP contribution in [0.2, 0.25) is 0 Å². The molecule has 2 nitrogen and oxygen atoms in total. The van der Waals surface area contributed by atoms with Gasteiger partial charge in [-0.05, 0) is 44.2 Å². The standard InChI is InChI=1S/C13H26F3NO/c1-4-7-17-9-12(11(2)3)6-5-8-18-10-13(14,15)16/h11-12,17H,4-10H2,1-3H3. The first kappa shape index (κ1) is 17.7. The van der Waals surface area contributed by atoms with Gasteiger partial charge >= 0.3 is 6.18 Å². The first-order chi connectivity index (χ1) is 8.37. The van der Waals surface area contributed by atoms with E-state index >= 15 is 0 Å². The van der Waals surface area contributed by atoms with Crippen LogP contribution in [-0.2, 0) is 4.74 Å². The van der Waals surface area contributed by atoms with Gasteiger partial charge in [0.25, 0.3) is 0 Å². The number of hydrogen-bond donors (Lipinski definition) is 1. The number of rotatable bonds is 10. The molecule has 0 fully saturated rings. The molecular formula is C13H26F3NO. The quantitative estimate of drug-likeness (QED) is 0.612. The van der Waals surface area contributed by atoms with Crippen molar-refractivity contribution in [1.29, 1.82) is 0 Å². The summed E-state index contributed by atoms with van der Waals surface area (Å²) in [5.41, 5.74) is 0. The summed E-state index contributed by atoms with van der Waals surface area (Å²) in [5.74, 6) is 1.04. The molecule has 0 amide bonds. The van der Waals surface area contributed by atoms with Crippen molar-refractivity contribution in [1.82, 2.24) is 5.32 Å². The molecule has 0 heterocycles. The van der Waals surface area contributed by atoms with E-state index in [2.05, 4.69) is 30.8 Å². The highest BCUT2D eigenvalue weighted by molar-refractivity contribution is 4.66. The van der Waals surface area contributed by atoms with Crippen LogP contribution in [0.4, 0.5) is 13.2 Å². The molecule has 0 saturated carbocycles. The van der Waals surface area contributed by atoms with Gasteiger partial charge in [-0.2, -0.15) is 13.2 Å². The molecule has 0 aliphatic carbocycles. The molecule has 0 saturated heterocycles. The van der Waals surface area contributed by atoms with E-state index in [4.69, 9.17) is 0 Å². The van der Waals surface area contributed by atoms with Crippen molar-refractivity contribution < 1.29 is 17.9 Å². The average Bonchev–Trinajstić information content (AvgIpc) is 2.24. The molecule has 0 aromatic carbocycles. The molecule has 0 spiro atoms. The topological polar surface area (TPSA) is 21.3 Å². The Bertz CT molecular complexity index is 195. The zero-order chi connectivity index (χ0) is 14.0. The van der Waals surface area contributed by atoms with Gasteiger partial charge in [-0.3, -0.25) is 0 Å². The molecule has 0 aromatic rings. The van der Waals surface area contributed by atoms with Crippen LogP contribution in [0.3, 0.4) is 0 Å². The maximum absolute atomic E-state index is 11.8. The predicted octanol–water partition coefficient (Wildman–Crippen LogP) is 3.62. The Morgan fingerprint density at radius 3 is 2.39 bits per heavy atom. The number of ether oxygens (including phenoxy) is 1. The lowest BCUT2D eigenvalue weighted by Gasteiger charge is -2.21. The van der Waals surface area contributed by atoms with Gasteiger partial charge in [-0.1, -0.05) is 20.8 Å². The molecule has 1 unspecified atom stereocenters. The molecule has 0 aliphatic heterocycles. The summed E-state index contributed by atoms with van der Waals surface area (Å²) in [6.07, 6.45) is -1.52. The number of hydrogen-bond acceptors (Lipinski definition) is 2. The zero-order valence-corrected chi connectivity index (χ0v) is 11.6. The number of alkyl halides is 3. The van der Waals surface area contributed by atoms with Crippen molar-refractivity contribution in [3.63, 3.8) is 0 Å². The van der Waals surface area contributed by atoms with Crippen LogP contribution in [0.1, 0.15) is 40.0 Å². The van der Waals surface area contributed by atoms with Gasteiger partial charge in [0, 0.05) is 6.61 Å². The first-order valence-corrected chi connectivity index (χ1v) is 6.72. The molecule has 1 N–H and O–H groups in total. The van der Waals surface area contributed by atoms with Crippen LogP contribution in [0.15, 0.2) is 0 Å². The Kier molecular flexibility index (Phi) is 9.46. The molecule has 1 atom stereocenters. The molecule has 5 heteroatoms. The minimum atomic E-state index is -4.21. The lowest BCUT2D eigenvalue weighted by molar-refractivity contribution is -0.174. The van der Waals surface area contributed by atoms with E-state index in [1.807, 2.05) is 0 Å². The highest BCUT2D eigenvalue weighted by Crippen LogP contribution is 2.18. The predicted molar refractivity (Wildman–Crippen MR) is 67.6 cm³/mol. The van der Waals surface area contributed by atoms with Crippen LogP contribution in [0.5, 0.6) is 0 Å². The second kappa shape index (κ2) is 9.62. The van der Waals surface area contributed by atoms with Crippen molar-refractivity contribution >= 4 is 0 Å². The first-order valence-electron chi connectivity index (χ1n) is 6.72. The van der Waals surface area contributed by atoms with Gasteiger partial charge in [-0.25, -0.2) is 0 Å². The minimum absolute atomic E-state index is 0.191. The molecule has 110 valence electrons. The summed E-state index contributed by atoms with van der Waals surface area (Å²) in [7, 11) is 0. The summed E-state index contributed by atoms with van der Waals surface area (Å²) >= 11 is 0. The summed E-state index contributed by atoms with van der Waals surface area (Å²) in [5, 5.41) is 3.36. The molecule has 0 bridgehead atoms. The van der Waals surface area contributed by atoms with Gasteiger partial charge in [0.05, 0.1) is 0 Å². The van der Waals surface area contributed by atoms with E-state index in [1.54, 1.807) is 0 Å². The monoisotopic (exact) mass is 269 g/mol. The van der Waals surface area contributed by atoms with Gasteiger partial charge in [0.2, 0.25) is 0 Å². The van der Waals surface area contributed by atoms with Gasteiger partial charge in [0.15, 0.2) is 0 Å². The molecular weight excluding hydrogens is 243 g/mol. The van der Waals surface area contributed by atoms with E-state index < -0.39 is 12.8 Å². The second-order valence-electron chi connectivity index (χ2n) is 5.02. The van der Waals surface area contributed by atoms with Gasteiger partial charge < -0.3 is 10.1 Å². The van der Waals surface area contributed by atoms with E-state index in [1.165, 1.54) is 0 Å². The lowest BCUT2D eigenvalue weighted by Crippen LogP contribution is -2.27. The summed E-state index contributed by atoms with van der Waals surface area (Å²) in [4.78, 5) is 0. The fraction of sp³-hybridized carbons (Fsp3) is 1.00. The van der Waals surface area contributed by atoms with Crippen LogP contribution in [-0.4, -0.2) is 32.5 Å². The van der Waals surface area contributed by atoms with E-state index in [-0.39, 0.29) is 6.61 Å². The van der Waals surface area contributed by atoms with Crippen LogP contribution >= 0.6 is 0 Å². The SMILES string of the molecule is CCCNCC(CCCOCC(F)(F)F)C(C)C. The van der Waals surface area contributed by atoms with E-state index in [9.17, 15) is 13.2 Å². The number of halogens is 3. The number of nitrogens with one attached hydrogen (secondary N) is 1. The Balaban J connectivity index is 3.64. The fourth-order valence-electron chi connectivity index (χ4n) is 1.77. The average molecular weight is 269 g/mol. The zero-order valence-electron chi connectivity index (χ0n) is 11.6. The van der Waals surface area contributed by atoms with Crippen molar-refractivity contribution in [2.75, 3.05) is 26.3 Å². The van der Waals surface area contributed by atoms with Crippen molar-refractivity contribution in [3.05, 3.63) is 0 Å². The highest BCUT2D eigenvalue weighted by atomic mass is 19.4.